The fourth-order valence-electron chi connectivity index (χ4n) is 27.1. The highest BCUT2D eigenvalue weighted by atomic mass is 32.2. The Morgan fingerprint density at radius 1 is 0.318 bits per heavy atom. The Kier molecular flexibility index (Phi) is 25.2. The highest BCUT2D eigenvalue weighted by Gasteiger charge is 2.66. The summed E-state index contributed by atoms with van der Waals surface area (Å²) in [7, 11) is -0.0293. The molecule has 20 fully saturated rings. The number of ketones is 4. The lowest BCUT2D eigenvalue weighted by Gasteiger charge is -2.57. The third-order valence-electron chi connectivity index (χ3n) is 31.9. The number of benzene rings is 6. The van der Waals surface area contributed by atoms with Gasteiger partial charge in [-0.2, -0.15) is 8.78 Å². The first-order valence-corrected chi connectivity index (χ1v) is 49.2. The van der Waals surface area contributed by atoms with Gasteiger partial charge in [-0.25, -0.2) is 13.6 Å². The maximum absolute atomic E-state index is 14.0. The molecule has 0 spiro atoms. The predicted octanol–water partition coefficient (Wildman–Crippen LogP) is 18.8. The smallest absolute Gasteiger partial charge is 0.376 e. The third-order valence-corrected chi connectivity index (χ3v) is 36.3. The Morgan fingerprint density at radius 3 is 0.829 bits per heavy atom. The van der Waals surface area contributed by atoms with Crippen LogP contribution in [0.5, 0.6) is 0 Å². The van der Waals surface area contributed by atoms with Crippen LogP contribution in [0.2, 0.25) is 0 Å². The lowest BCUT2D eigenvalue weighted by atomic mass is 9.48. The fourth-order valence-corrected chi connectivity index (χ4v) is 31.3. The van der Waals surface area contributed by atoms with E-state index in [2.05, 4.69) is 182 Å². The zero-order chi connectivity index (χ0) is 90.2. The average molecular weight is 1810 g/mol. The number of carbonyl (C=O) groups is 11. The normalized spacial score (nSPS) is 33.8. The summed E-state index contributed by atoms with van der Waals surface area (Å²) in [6.45, 7) is -0.218. The summed E-state index contributed by atoms with van der Waals surface area (Å²) in [5.74, 6) is -10.9. The SMILES string of the molecule is CC(F)(F)C(=O)OC1C2CC3CC1CC(C(=O)OCC(COC(=O)C14CC5CC(C1)C(=O)C(C5)C4)OC(=O)C14CC5CC(C1)C(=O)C(C5)C4)(C3)C2.CC(F)(F)COC(=O)C(C)(COC(=O)C12CC3CC(C1)C(=O)C(C3)C2)COC(=O)C12CC3CC(C1)C(=O)C(C3)C2.c1ccc([S+](c2ccccc2)c2ccccc2)cc1.c1ccc([S+](c2ccccc2)c2ccccc2)cc1. The van der Waals surface area contributed by atoms with E-state index in [1.165, 1.54) is 36.3 Å². The summed E-state index contributed by atoms with van der Waals surface area (Å²) < 4.78 is 94.1. The number of hydrogen-bond donors (Lipinski definition) is 0. The van der Waals surface area contributed by atoms with Crippen LogP contribution in [-0.4, -0.2) is 122 Å². The molecular weight excluding hydrogens is 1690 g/mol. The van der Waals surface area contributed by atoms with Crippen LogP contribution in [0.4, 0.5) is 17.6 Å². The van der Waals surface area contributed by atoms with Crippen LogP contribution in [0.25, 0.3) is 0 Å². The Labute approximate surface area is 756 Å². The number of Topliss-reactive ketones (excluding diaryl/α,β-unsaturated/α-hetero) is 4. The molecule has 0 radical (unpaired) electrons. The molecule has 11 unspecified atom stereocenters. The molecule has 6 aromatic rings. The zero-order valence-corrected chi connectivity index (χ0v) is 75.2. The predicted molar refractivity (Wildman–Crippen MR) is 467 cm³/mol. The van der Waals surface area contributed by atoms with Crippen molar-refractivity contribution < 1.29 is 103 Å². The average Bonchev–Trinajstić information content (AvgIpc) is 0.740. The molecule has 0 aliphatic heterocycles. The number of halogens is 4. The molecule has 0 aromatic heterocycles. The van der Waals surface area contributed by atoms with Crippen molar-refractivity contribution in [3.63, 3.8) is 0 Å². The van der Waals surface area contributed by atoms with Crippen LogP contribution in [0, 0.1) is 121 Å². The zero-order valence-electron chi connectivity index (χ0n) is 73.5. The summed E-state index contributed by atoms with van der Waals surface area (Å²) >= 11 is 0. The number of rotatable bonds is 25. The van der Waals surface area contributed by atoms with Crippen molar-refractivity contribution in [1.82, 2.24) is 0 Å². The first-order valence-electron chi connectivity index (χ1n) is 46.7. The van der Waals surface area contributed by atoms with E-state index in [1.807, 2.05) is 0 Å². The Bertz CT molecular complexity index is 4740. The van der Waals surface area contributed by atoms with Gasteiger partial charge in [-0.05, 0) is 282 Å². The minimum Gasteiger partial charge on any atom is -0.464 e. The largest absolute Gasteiger partial charge is 0.464 e. The quantitative estimate of drug-likeness (QED) is 0.0223. The number of alkyl halides is 4. The van der Waals surface area contributed by atoms with Crippen LogP contribution in [0.1, 0.15) is 181 Å². The summed E-state index contributed by atoms with van der Waals surface area (Å²) in [5.41, 5.74) is -5.63. The molecule has 20 saturated carbocycles. The molecule has 0 N–H and O–H groups in total. The van der Waals surface area contributed by atoms with E-state index in [9.17, 15) is 70.3 Å². The maximum atomic E-state index is 14.0. The van der Waals surface area contributed by atoms with Crippen LogP contribution in [0.3, 0.4) is 0 Å². The second-order valence-corrected chi connectivity index (χ2v) is 45.7. The van der Waals surface area contributed by atoms with E-state index in [-0.39, 0.29) is 129 Å². The van der Waals surface area contributed by atoms with E-state index in [4.69, 9.17) is 33.2 Å². The van der Waals surface area contributed by atoms with Gasteiger partial charge >= 0.3 is 47.7 Å². The van der Waals surface area contributed by atoms with Crippen molar-refractivity contribution in [3.05, 3.63) is 182 Å². The van der Waals surface area contributed by atoms with Crippen molar-refractivity contribution >= 4 is 86.7 Å². The first-order chi connectivity index (χ1) is 61.7. The summed E-state index contributed by atoms with van der Waals surface area (Å²) in [5, 5.41) is 0. The van der Waals surface area contributed by atoms with Crippen molar-refractivity contribution in [2.75, 3.05) is 33.0 Å². The molecule has 0 amide bonds. The van der Waals surface area contributed by atoms with Gasteiger partial charge in [-0.3, -0.25) is 47.9 Å². The van der Waals surface area contributed by atoms with Crippen molar-refractivity contribution in [2.24, 2.45) is 121 Å². The molecule has 129 heavy (non-hydrogen) atoms. The molecule has 18 nitrogen and oxygen atoms in total. The maximum Gasteiger partial charge on any atom is 0.376 e. The Hall–Kier alpha value is -9.29. The summed E-state index contributed by atoms with van der Waals surface area (Å²) in [6, 6.07) is 64.3. The molecule has 0 heterocycles. The molecule has 0 saturated heterocycles. The molecule has 6 aromatic carbocycles. The summed E-state index contributed by atoms with van der Waals surface area (Å²) in [4.78, 5) is 153. The van der Waals surface area contributed by atoms with E-state index < -0.39 is 112 Å². The monoisotopic (exact) mass is 1800 g/mol. The standard InChI is InChI=1S/C39H48F2O10.C30H38F2O8.2C18H15S/c1-36(40,41)32(44)51-31-26-6-21-7-27(31)16-38(9-21,15-26)34(46)49-18-28(50-35(47)39-10-20-4-24(13-39)30(43)25(5-20)14-39)17-48-33(45)37-8-19-2-22(11-37)29(42)23(3-19)12-37;1-27(24(35)40-15-28(2,31)32,13-38-25(36)29-7-16-3-18(9-29)22(33)19(4-16)10-29)14-39-26(37)30-8-17-5-20(11-30)23(34)21(6-17)12-30;2*1-4-10-16(11-5-1)19(17-12-6-2-7-13-17)18-14-8-3-9-15-18/h19-28,31H,2-18H2,1H3;16-21H,3-15H2,1-2H3;2*1-15H/q;;2*+1. The minimum atomic E-state index is -3.60. The molecular formula is C105H116F4O18S2+2. The van der Waals surface area contributed by atoms with Crippen molar-refractivity contribution in [3.8, 4) is 0 Å². The van der Waals surface area contributed by atoms with Crippen LogP contribution < -0.4 is 0 Å². The Morgan fingerprint density at radius 2 is 0.566 bits per heavy atom. The van der Waals surface area contributed by atoms with Gasteiger partial charge in [0.05, 0.1) is 48.9 Å². The highest BCUT2D eigenvalue weighted by molar-refractivity contribution is 7.97. The molecule has 26 rings (SSSR count). The highest BCUT2D eigenvalue weighted by Crippen LogP contribution is 2.65. The number of ether oxygens (including phenoxy) is 7. The van der Waals surface area contributed by atoms with E-state index in [1.54, 1.807) is 0 Å². The van der Waals surface area contributed by atoms with Crippen LogP contribution in [-0.2, 0) is 108 Å². The van der Waals surface area contributed by atoms with Gasteiger partial charge in [-0.1, -0.05) is 109 Å². The minimum absolute atomic E-state index is 0.0146. The van der Waals surface area contributed by atoms with Gasteiger partial charge in [0.25, 0.3) is 5.92 Å². The van der Waals surface area contributed by atoms with Gasteiger partial charge in [0.15, 0.2) is 42.1 Å². The third kappa shape index (κ3) is 18.5. The lowest BCUT2D eigenvalue weighted by molar-refractivity contribution is -0.210. The Balaban J connectivity index is 0.000000126. The fraction of sp³-hybridized carbons (Fsp3) is 0.552. The molecule has 11 atom stereocenters. The number of hydrogen-bond acceptors (Lipinski definition) is 18. The van der Waals surface area contributed by atoms with Gasteiger partial charge in [-0.15, -0.1) is 0 Å². The number of esters is 7. The van der Waals surface area contributed by atoms with Crippen LogP contribution in [0.15, 0.2) is 211 Å². The van der Waals surface area contributed by atoms with E-state index in [0.717, 1.165) is 51.4 Å². The van der Waals surface area contributed by atoms with Crippen molar-refractivity contribution in [1.29, 1.82) is 0 Å². The second kappa shape index (κ2) is 36.0. The molecule has 20 bridgehead atoms. The van der Waals surface area contributed by atoms with Crippen molar-refractivity contribution in [2.45, 2.75) is 235 Å². The molecule has 20 aliphatic rings. The van der Waals surface area contributed by atoms with E-state index >= 15 is 0 Å². The van der Waals surface area contributed by atoms with Gasteiger partial charge in [0, 0.05) is 61.2 Å². The van der Waals surface area contributed by atoms with Crippen LogP contribution >= 0.6 is 0 Å². The molecule has 20 aliphatic carbocycles. The molecule has 682 valence electrons. The van der Waals surface area contributed by atoms with Gasteiger partial charge in [0.1, 0.15) is 61.1 Å². The van der Waals surface area contributed by atoms with Gasteiger partial charge < -0.3 is 33.2 Å². The first kappa shape index (κ1) is 90.3. The van der Waals surface area contributed by atoms with Gasteiger partial charge in [0.2, 0.25) is 0 Å². The van der Waals surface area contributed by atoms with E-state index in [0.29, 0.717) is 147 Å². The second-order valence-electron chi connectivity index (χ2n) is 41.7. The summed E-state index contributed by atoms with van der Waals surface area (Å²) in [6.07, 6.45) is 13.6. The topological polar surface area (TPSA) is 252 Å². The number of carbonyl (C=O) groups excluding carboxylic acids is 11. The lowest BCUT2D eigenvalue weighted by Crippen LogP contribution is -2.58. The molecule has 24 heteroatoms.